The number of carbonyl (C=O) groups excluding carboxylic acids is 1. The maximum Gasteiger partial charge on any atom is 0.327 e. The second-order valence-corrected chi connectivity index (χ2v) is 7.32. The normalized spacial score (nSPS) is 19.5. The molecule has 0 spiro atoms. The molecule has 142 valence electrons. The van der Waals surface area contributed by atoms with Crippen molar-refractivity contribution in [3.63, 3.8) is 0 Å². The number of thioether (sulfide) groups is 1. The summed E-state index contributed by atoms with van der Waals surface area (Å²) in [5, 5.41) is 27.6. The number of carboxylic acids is 2. The Morgan fingerprint density at radius 2 is 1.69 bits per heavy atom. The monoisotopic (exact) mass is 381 g/mol. The van der Waals surface area contributed by atoms with Gasteiger partial charge in [-0.3, -0.25) is 9.59 Å². The number of benzene rings is 1. The number of aromatic hydroxyl groups is 1. The van der Waals surface area contributed by atoms with E-state index in [1.165, 1.54) is 22.7 Å². The van der Waals surface area contributed by atoms with E-state index in [4.69, 9.17) is 5.11 Å². The third-order valence-electron chi connectivity index (χ3n) is 4.31. The van der Waals surface area contributed by atoms with Gasteiger partial charge in [-0.25, -0.2) is 4.79 Å². The minimum atomic E-state index is -1.05. The molecule has 1 heterocycles. The Hall–Kier alpha value is -2.22. The van der Waals surface area contributed by atoms with Gasteiger partial charge < -0.3 is 20.2 Å². The van der Waals surface area contributed by atoms with E-state index >= 15 is 0 Å². The first-order chi connectivity index (χ1) is 12.4. The Labute approximate surface area is 156 Å². The molecule has 1 aliphatic heterocycles. The van der Waals surface area contributed by atoms with Crippen molar-refractivity contribution in [3.05, 3.63) is 29.8 Å². The Morgan fingerprint density at radius 1 is 1.04 bits per heavy atom. The number of hydrogen-bond donors (Lipinski definition) is 3. The Balaban J connectivity index is 1.99. The lowest BCUT2D eigenvalue weighted by Crippen LogP contribution is -2.42. The molecule has 1 fully saturated rings. The van der Waals surface area contributed by atoms with E-state index in [1.807, 2.05) is 0 Å². The number of para-hydroxylation sites is 1. The van der Waals surface area contributed by atoms with E-state index in [2.05, 4.69) is 0 Å². The largest absolute Gasteiger partial charge is 0.508 e. The zero-order valence-electron chi connectivity index (χ0n) is 14.3. The molecule has 7 nitrogen and oxygen atoms in total. The summed E-state index contributed by atoms with van der Waals surface area (Å²) in [6.07, 6.45) is 2.92. The molecular formula is C18H23NO6S. The third kappa shape index (κ3) is 5.14. The zero-order valence-corrected chi connectivity index (χ0v) is 15.2. The highest BCUT2D eigenvalue weighted by atomic mass is 32.2. The zero-order chi connectivity index (χ0) is 19.1. The predicted octanol–water partition coefficient (Wildman–Crippen LogP) is 2.84. The van der Waals surface area contributed by atoms with Gasteiger partial charge in [0.05, 0.1) is 0 Å². The van der Waals surface area contributed by atoms with Crippen molar-refractivity contribution >= 4 is 29.6 Å². The summed E-state index contributed by atoms with van der Waals surface area (Å²) >= 11 is 1.33. The summed E-state index contributed by atoms with van der Waals surface area (Å²) < 4.78 is 0. The van der Waals surface area contributed by atoms with Crippen molar-refractivity contribution in [2.45, 2.75) is 49.9 Å². The van der Waals surface area contributed by atoms with E-state index in [1.54, 1.807) is 18.2 Å². The molecule has 1 saturated heterocycles. The maximum atomic E-state index is 12.7. The second-order valence-electron chi connectivity index (χ2n) is 6.21. The van der Waals surface area contributed by atoms with Crippen LogP contribution >= 0.6 is 11.8 Å². The molecule has 2 atom stereocenters. The molecule has 1 amide bonds. The highest BCUT2D eigenvalue weighted by Gasteiger charge is 2.42. The number of carboxylic acid groups (broad SMARTS) is 2. The van der Waals surface area contributed by atoms with Gasteiger partial charge in [-0.05, 0) is 18.9 Å². The molecular weight excluding hydrogens is 358 g/mol. The molecule has 0 saturated carbocycles. The lowest BCUT2D eigenvalue weighted by atomic mass is 10.1. The van der Waals surface area contributed by atoms with Crippen molar-refractivity contribution in [3.8, 4) is 5.75 Å². The van der Waals surface area contributed by atoms with Gasteiger partial charge in [0.1, 0.15) is 17.2 Å². The van der Waals surface area contributed by atoms with Crippen LogP contribution in [0.2, 0.25) is 0 Å². The van der Waals surface area contributed by atoms with Gasteiger partial charge in [0.2, 0.25) is 5.91 Å². The molecule has 0 aliphatic carbocycles. The summed E-state index contributed by atoms with van der Waals surface area (Å²) in [5.74, 6) is -1.81. The van der Waals surface area contributed by atoms with Gasteiger partial charge in [-0.2, -0.15) is 0 Å². The summed E-state index contributed by atoms with van der Waals surface area (Å²) in [6.45, 7) is 0. The van der Waals surface area contributed by atoms with Crippen LogP contribution in [-0.4, -0.2) is 49.9 Å². The van der Waals surface area contributed by atoms with Crippen molar-refractivity contribution < 1.29 is 29.7 Å². The van der Waals surface area contributed by atoms with Crippen LogP contribution in [0.1, 0.15) is 49.5 Å². The number of nitrogens with zero attached hydrogens (tertiary/aromatic N) is 1. The topological polar surface area (TPSA) is 115 Å². The number of hydrogen-bond acceptors (Lipinski definition) is 5. The second kappa shape index (κ2) is 9.47. The molecule has 0 radical (unpaired) electrons. The predicted molar refractivity (Wildman–Crippen MR) is 96.9 cm³/mol. The number of carbonyl (C=O) groups is 3. The number of aliphatic carboxylic acids is 2. The molecule has 0 aromatic heterocycles. The fourth-order valence-electron chi connectivity index (χ4n) is 2.97. The quantitative estimate of drug-likeness (QED) is 0.563. The standard InChI is InChI=1S/C18H23NO6S/c20-14-8-6-5-7-12(14)17-19(13(11-26-17)18(24)25)15(21)9-3-1-2-4-10-16(22)23/h5-8,13,17,20H,1-4,9-11H2,(H,22,23)(H,24,25)/t13-,17?/m0/s1. The maximum absolute atomic E-state index is 12.7. The van der Waals surface area contributed by atoms with Gasteiger partial charge in [-0.15, -0.1) is 11.8 Å². The molecule has 1 aromatic rings. The Kier molecular flexibility index (Phi) is 7.32. The van der Waals surface area contributed by atoms with Gasteiger partial charge in [0, 0.05) is 24.2 Å². The summed E-state index contributed by atoms with van der Waals surface area (Å²) in [7, 11) is 0. The van der Waals surface area contributed by atoms with Crippen LogP contribution in [0, 0.1) is 0 Å². The van der Waals surface area contributed by atoms with Crippen LogP contribution in [0.15, 0.2) is 24.3 Å². The molecule has 1 aromatic carbocycles. The van der Waals surface area contributed by atoms with Crippen LogP contribution in [0.3, 0.4) is 0 Å². The SMILES string of the molecule is O=C(O)CCCCCCC(=O)N1C(c2ccccc2O)SC[C@H]1C(=O)O. The lowest BCUT2D eigenvalue weighted by molar-refractivity contribution is -0.149. The molecule has 3 N–H and O–H groups in total. The smallest absolute Gasteiger partial charge is 0.327 e. The molecule has 8 heteroatoms. The number of phenolic OH excluding ortho intramolecular Hbond substituents is 1. The third-order valence-corrected chi connectivity index (χ3v) is 5.61. The molecule has 0 bridgehead atoms. The first-order valence-corrected chi connectivity index (χ1v) is 9.62. The Bertz CT molecular complexity index is 665. The van der Waals surface area contributed by atoms with E-state index in [0.717, 1.165) is 12.8 Å². The number of phenols is 1. The number of unbranched alkanes of at least 4 members (excludes halogenated alkanes) is 3. The summed E-state index contributed by atoms with van der Waals surface area (Å²) in [5.41, 5.74) is 0.538. The van der Waals surface area contributed by atoms with Crippen molar-refractivity contribution in [2.24, 2.45) is 0 Å². The van der Waals surface area contributed by atoms with Crippen LogP contribution in [0.25, 0.3) is 0 Å². The fourth-order valence-corrected chi connectivity index (χ4v) is 4.44. The van der Waals surface area contributed by atoms with Crippen molar-refractivity contribution in [1.29, 1.82) is 0 Å². The van der Waals surface area contributed by atoms with E-state index in [0.29, 0.717) is 18.4 Å². The number of rotatable bonds is 9. The average Bonchev–Trinajstić information content (AvgIpc) is 3.03. The lowest BCUT2D eigenvalue weighted by Gasteiger charge is -2.28. The van der Waals surface area contributed by atoms with Crippen LogP contribution in [0.5, 0.6) is 5.75 Å². The van der Waals surface area contributed by atoms with E-state index < -0.39 is 23.4 Å². The Morgan fingerprint density at radius 3 is 2.31 bits per heavy atom. The van der Waals surface area contributed by atoms with Crippen LogP contribution < -0.4 is 0 Å². The first kappa shape index (κ1) is 20.1. The first-order valence-electron chi connectivity index (χ1n) is 8.57. The van der Waals surface area contributed by atoms with E-state index in [9.17, 15) is 24.6 Å². The number of amides is 1. The molecule has 1 aliphatic rings. The highest BCUT2D eigenvalue weighted by molar-refractivity contribution is 7.99. The minimum absolute atomic E-state index is 0.0440. The van der Waals surface area contributed by atoms with Crippen LogP contribution in [-0.2, 0) is 14.4 Å². The van der Waals surface area contributed by atoms with Crippen molar-refractivity contribution in [1.82, 2.24) is 4.90 Å². The van der Waals surface area contributed by atoms with Gasteiger partial charge >= 0.3 is 11.9 Å². The van der Waals surface area contributed by atoms with Gasteiger partial charge in [0.15, 0.2) is 0 Å². The van der Waals surface area contributed by atoms with Gasteiger partial charge in [0.25, 0.3) is 0 Å². The van der Waals surface area contributed by atoms with Gasteiger partial charge in [-0.1, -0.05) is 31.0 Å². The van der Waals surface area contributed by atoms with E-state index in [-0.39, 0.29) is 30.3 Å². The minimum Gasteiger partial charge on any atom is -0.508 e. The summed E-state index contributed by atoms with van der Waals surface area (Å²) in [4.78, 5) is 36.0. The molecule has 2 rings (SSSR count). The van der Waals surface area contributed by atoms with Crippen LogP contribution in [0.4, 0.5) is 0 Å². The fraction of sp³-hybridized carbons (Fsp3) is 0.500. The molecule has 26 heavy (non-hydrogen) atoms. The summed E-state index contributed by atoms with van der Waals surface area (Å²) in [6, 6.07) is 5.73. The average molecular weight is 381 g/mol. The highest BCUT2D eigenvalue weighted by Crippen LogP contribution is 2.44. The molecule has 1 unspecified atom stereocenters. The van der Waals surface area contributed by atoms with Crippen molar-refractivity contribution in [2.75, 3.05) is 5.75 Å².